The van der Waals surface area contributed by atoms with Crippen LogP contribution in [-0.4, -0.2) is 28.3 Å². The van der Waals surface area contributed by atoms with E-state index in [4.69, 9.17) is 17.3 Å². The first kappa shape index (κ1) is 21.6. The summed E-state index contributed by atoms with van der Waals surface area (Å²) in [5.74, 6) is -0.594. The molecule has 0 atom stereocenters. The first-order chi connectivity index (χ1) is 13.1. The van der Waals surface area contributed by atoms with E-state index < -0.39 is 17.6 Å². The SMILES string of the molecule is CCC(=O)N(CCCc1ncc(C(F)(F)F)cc1Cl)c1cc(C(N)=O)ccn1. The molecule has 10 heteroatoms. The molecule has 28 heavy (non-hydrogen) atoms. The second-order valence-electron chi connectivity index (χ2n) is 5.92. The molecule has 0 aliphatic carbocycles. The van der Waals surface area contributed by atoms with Gasteiger partial charge in [0.25, 0.3) is 0 Å². The van der Waals surface area contributed by atoms with Crippen LogP contribution >= 0.6 is 11.6 Å². The molecule has 2 heterocycles. The molecular formula is C18H18ClF3N4O2. The van der Waals surface area contributed by atoms with Gasteiger partial charge in [-0.05, 0) is 31.0 Å². The van der Waals surface area contributed by atoms with Gasteiger partial charge in [-0.15, -0.1) is 0 Å². The van der Waals surface area contributed by atoms with E-state index in [1.807, 2.05) is 0 Å². The Morgan fingerprint density at radius 1 is 1.25 bits per heavy atom. The number of carbonyl (C=O) groups is 2. The van der Waals surface area contributed by atoms with Crippen LogP contribution in [0.5, 0.6) is 0 Å². The Kier molecular flexibility index (Phi) is 6.95. The summed E-state index contributed by atoms with van der Waals surface area (Å²) in [6, 6.07) is 3.68. The largest absolute Gasteiger partial charge is 0.417 e. The van der Waals surface area contributed by atoms with Crippen LogP contribution in [0.25, 0.3) is 0 Å². The van der Waals surface area contributed by atoms with Crippen LogP contribution in [0.2, 0.25) is 5.02 Å². The molecule has 0 radical (unpaired) electrons. The van der Waals surface area contributed by atoms with Gasteiger partial charge in [-0.1, -0.05) is 18.5 Å². The molecule has 6 nitrogen and oxygen atoms in total. The molecule has 2 amide bonds. The maximum atomic E-state index is 12.7. The zero-order valence-corrected chi connectivity index (χ0v) is 15.7. The smallest absolute Gasteiger partial charge is 0.366 e. The summed E-state index contributed by atoms with van der Waals surface area (Å²) >= 11 is 5.91. The fourth-order valence-corrected chi connectivity index (χ4v) is 2.75. The van der Waals surface area contributed by atoms with Crippen molar-refractivity contribution in [3.8, 4) is 0 Å². The van der Waals surface area contributed by atoms with E-state index in [0.717, 1.165) is 12.3 Å². The lowest BCUT2D eigenvalue weighted by atomic mass is 10.1. The van der Waals surface area contributed by atoms with Crippen molar-refractivity contribution in [2.75, 3.05) is 11.4 Å². The maximum Gasteiger partial charge on any atom is 0.417 e. The van der Waals surface area contributed by atoms with E-state index in [0.29, 0.717) is 12.1 Å². The molecule has 0 bridgehead atoms. The van der Waals surface area contributed by atoms with Gasteiger partial charge in [-0.25, -0.2) is 4.98 Å². The molecule has 0 aliphatic rings. The van der Waals surface area contributed by atoms with Crippen LogP contribution in [0.15, 0.2) is 30.6 Å². The minimum Gasteiger partial charge on any atom is -0.366 e. The van der Waals surface area contributed by atoms with Crippen molar-refractivity contribution in [3.63, 3.8) is 0 Å². The zero-order chi connectivity index (χ0) is 20.9. The van der Waals surface area contributed by atoms with Crippen LogP contribution in [0, 0.1) is 0 Å². The molecule has 0 aromatic carbocycles. The van der Waals surface area contributed by atoms with Gasteiger partial charge >= 0.3 is 6.18 Å². The number of amides is 2. The fraction of sp³-hybridized carbons (Fsp3) is 0.333. The van der Waals surface area contributed by atoms with Gasteiger partial charge in [0.1, 0.15) is 5.82 Å². The Morgan fingerprint density at radius 2 is 1.96 bits per heavy atom. The molecule has 0 fully saturated rings. The topological polar surface area (TPSA) is 89.2 Å². The lowest BCUT2D eigenvalue weighted by molar-refractivity contribution is -0.137. The monoisotopic (exact) mass is 414 g/mol. The number of nitrogens with zero attached hydrogens (tertiary/aromatic N) is 3. The van der Waals surface area contributed by atoms with E-state index in [-0.39, 0.29) is 41.7 Å². The van der Waals surface area contributed by atoms with Gasteiger partial charge in [0.05, 0.1) is 16.3 Å². The molecule has 150 valence electrons. The minimum absolute atomic E-state index is 0.0861. The van der Waals surface area contributed by atoms with Crippen molar-refractivity contribution in [1.82, 2.24) is 9.97 Å². The van der Waals surface area contributed by atoms with E-state index in [9.17, 15) is 22.8 Å². The number of halogens is 4. The van der Waals surface area contributed by atoms with Crippen LogP contribution in [0.4, 0.5) is 19.0 Å². The highest BCUT2D eigenvalue weighted by Gasteiger charge is 2.31. The Morgan fingerprint density at radius 3 is 2.54 bits per heavy atom. The predicted octanol–water partition coefficient (Wildman–Crippen LogP) is 3.62. The number of hydrogen-bond donors (Lipinski definition) is 1. The highest BCUT2D eigenvalue weighted by molar-refractivity contribution is 6.31. The van der Waals surface area contributed by atoms with E-state index >= 15 is 0 Å². The summed E-state index contributed by atoms with van der Waals surface area (Å²) in [5.41, 5.74) is 4.85. The zero-order valence-electron chi connectivity index (χ0n) is 15.0. The Labute approximate surface area is 164 Å². The van der Waals surface area contributed by atoms with Gasteiger partial charge in [-0.2, -0.15) is 13.2 Å². The molecular weight excluding hydrogens is 397 g/mol. The molecule has 2 aromatic rings. The number of pyridine rings is 2. The average molecular weight is 415 g/mol. The number of hydrogen-bond acceptors (Lipinski definition) is 4. The lowest BCUT2D eigenvalue weighted by Gasteiger charge is -2.21. The summed E-state index contributed by atoms with van der Waals surface area (Å²) < 4.78 is 38.0. The number of anilines is 1. The van der Waals surface area contributed by atoms with E-state index in [1.54, 1.807) is 6.92 Å². The van der Waals surface area contributed by atoms with Crippen LogP contribution < -0.4 is 10.6 Å². The summed E-state index contributed by atoms with van der Waals surface area (Å²) in [5, 5.41) is -0.0861. The van der Waals surface area contributed by atoms with Crippen LogP contribution in [0.1, 0.15) is 41.4 Å². The van der Waals surface area contributed by atoms with Gasteiger partial charge in [0.2, 0.25) is 11.8 Å². The Bertz CT molecular complexity index is 874. The third-order valence-corrected chi connectivity index (χ3v) is 4.28. The molecule has 0 saturated heterocycles. The number of primary amides is 1. The van der Waals surface area contributed by atoms with Gasteiger partial charge in [0.15, 0.2) is 0 Å². The highest BCUT2D eigenvalue weighted by atomic mass is 35.5. The molecule has 0 spiro atoms. The maximum absolute atomic E-state index is 12.7. The number of rotatable bonds is 7. The predicted molar refractivity (Wildman–Crippen MR) is 98.0 cm³/mol. The number of carbonyl (C=O) groups excluding carboxylic acids is 2. The van der Waals surface area contributed by atoms with Crippen LogP contribution in [0.3, 0.4) is 0 Å². The van der Waals surface area contributed by atoms with Crippen LogP contribution in [-0.2, 0) is 17.4 Å². The highest BCUT2D eigenvalue weighted by Crippen LogP contribution is 2.31. The molecule has 0 unspecified atom stereocenters. The third-order valence-electron chi connectivity index (χ3n) is 3.95. The number of alkyl halides is 3. The third kappa shape index (κ3) is 5.41. The first-order valence-electron chi connectivity index (χ1n) is 8.41. The normalized spacial score (nSPS) is 11.3. The van der Waals surface area contributed by atoms with Crippen molar-refractivity contribution in [2.24, 2.45) is 5.73 Å². The molecule has 2 aromatic heterocycles. The summed E-state index contributed by atoms with van der Waals surface area (Å²) in [6.45, 7) is 1.91. The molecule has 0 saturated carbocycles. The second kappa shape index (κ2) is 9.01. The van der Waals surface area contributed by atoms with Crippen molar-refractivity contribution in [1.29, 1.82) is 0 Å². The van der Waals surface area contributed by atoms with Crippen molar-refractivity contribution < 1.29 is 22.8 Å². The van der Waals surface area contributed by atoms with Gasteiger partial charge in [0, 0.05) is 30.9 Å². The van der Waals surface area contributed by atoms with E-state index in [2.05, 4.69) is 9.97 Å². The molecule has 0 aliphatic heterocycles. The van der Waals surface area contributed by atoms with E-state index in [1.165, 1.54) is 23.2 Å². The number of aryl methyl sites for hydroxylation is 1. The number of aromatic nitrogens is 2. The van der Waals surface area contributed by atoms with Crippen molar-refractivity contribution >= 4 is 29.2 Å². The lowest BCUT2D eigenvalue weighted by Crippen LogP contribution is -2.32. The standard InChI is InChI=1S/C18H18ClF3N4O2/c1-2-16(27)26(15-8-11(17(23)28)5-6-24-15)7-3-4-14-13(19)9-12(10-25-14)18(20,21)22/h5-6,8-10H,2-4,7H2,1H3,(H2,23,28). The Balaban J connectivity index is 2.12. The van der Waals surface area contributed by atoms with Gasteiger partial charge in [-0.3, -0.25) is 19.5 Å². The Hall–Kier alpha value is -2.68. The second-order valence-corrected chi connectivity index (χ2v) is 6.33. The van der Waals surface area contributed by atoms with Gasteiger partial charge < -0.3 is 5.73 Å². The quantitative estimate of drug-likeness (QED) is 0.749. The minimum atomic E-state index is -4.52. The summed E-state index contributed by atoms with van der Waals surface area (Å²) in [4.78, 5) is 32.9. The summed E-state index contributed by atoms with van der Waals surface area (Å²) in [7, 11) is 0. The first-order valence-corrected chi connectivity index (χ1v) is 8.79. The molecule has 2 N–H and O–H groups in total. The molecule has 2 rings (SSSR count). The number of nitrogens with two attached hydrogens (primary N) is 1. The summed E-state index contributed by atoms with van der Waals surface area (Å²) in [6.07, 6.45) is -1.56. The van der Waals surface area contributed by atoms with Crippen molar-refractivity contribution in [3.05, 3.63) is 52.4 Å². The fourth-order valence-electron chi connectivity index (χ4n) is 2.49. The van der Waals surface area contributed by atoms with Crippen molar-refractivity contribution in [2.45, 2.75) is 32.4 Å². The average Bonchev–Trinajstić information content (AvgIpc) is 2.65.